The highest BCUT2D eigenvalue weighted by Crippen LogP contribution is 2.26. The van der Waals surface area contributed by atoms with Crippen LogP contribution in [0.5, 0.6) is 0 Å². The molecule has 6 heteroatoms. The summed E-state index contributed by atoms with van der Waals surface area (Å²) in [6.45, 7) is 5.16. The van der Waals surface area contributed by atoms with E-state index in [1.807, 2.05) is 41.3 Å². The standard InChI is InChI=1S/C25H31N3O3/c1-18-11-13-27(14-12-18)22-9-7-21(8-10-22)26-24(29)17-28-16-20-6-4-3-5-19(20)15-23(28)25(30)31-2/h3-10,18,23H,11-17H2,1-2H3,(H,26,29)/t23-/m0/s1. The Morgan fingerprint density at radius 3 is 2.39 bits per heavy atom. The third-order valence-electron chi connectivity index (χ3n) is 6.47. The van der Waals surface area contributed by atoms with E-state index in [1.165, 1.54) is 25.6 Å². The first kappa shape index (κ1) is 21.4. The summed E-state index contributed by atoms with van der Waals surface area (Å²) >= 11 is 0. The zero-order valence-corrected chi connectivity index (χ0v) is 18.3. The Morgan fingerprint density at radius 1 is 1.03 bits per heavy atom. The SMILES string of the molecule is COC(=O)[C@@H]1Cc2ccccc2CN1CC(=O)Nc1ccc(N2CCC(C)CC2)cc1. The van der Waals surface area contributed by atoms with Crippen molar-refractivity contribution in [2.75, 3.05) is 37.0 Å². The van der Waals surface area contributed by atoms with E-state index >= 15 is 0 Å². The van der Waals surface area contributed by atoms with Gasteiger partial charge >= 0.3 is 5.97 Å². The maximum atomic E-state index is 12.8. The molecule has 2 aromatic rings. The molecule has 1 atom stereocenters. The van der Waals surface area contributed by atoms with Crippen molar-refractivity contribution < 1.29 is 14.3 Å². The fourth-order valence-electron chi connectivity index (χ4n) is 4.52. The third-order valence-corrected chi connectivity index (χ3v) is 6.47. The maximum Gasteiger partial charge on any atom is 0.323 e. The Hall–Kier alpha value is -2.86. The van der Waals surface area contributed by atoms with Crippen LogP contribution in [-0.4, -0.2) is 49.6 Å². The molecule has 0 spiro atoms. The molecule has 2 aliphatic heterocycles. The summed E-state index contributed by atoms with van der Waals surface area (Å²) in [7, 11) is 1.39. The van der Waals surface area contributed by atoms with E-state index in [1.54, 1.807) is 0 Å². The van der Waals surface area contributed by atoms with E-state index in [0.717, 1.165) is 35.8 Å². The maximum absolute atomic E-state index is 12.8. The lowest BCUT2D eigenvalue weighted by molar-refractivity contribution is -0.148. The first-order valence-electron chi connectivity index (χ1n) is 11.1. The molecule has 0 saturated carbocycles. The minimum absolute atomic E-state index is 0.132. The topological polar surface area (TPSA) is 61.9 Å². The minimum Gasteiger partial charge on any atom is -0.468 e. The van der Waals surface area contributed by atoms with Gasteiger partial charge in [0.05, 0.1) is 13.7 Å². The van der Waals surface area contributed by atoms with Crippen molar-refractivity contribution in [3.05, 3.63) is 59.7 Å². The summed E-state index contributed by atoms with van der Waals surface area (Å²) in [5.41, 5.74) is 4.25. The van der Waals surface area contributed by atoms with Gasteiger partial charge in [-0.1, -0.05) is 31.2 Å². The highest BCUT2D eigenvalue weighted by molar-refractivity contribution is 5.93. The Kier molecular flexibility index (Phi) is 6.56. The van der Waals surface area contributed by atoms with Gasteiger partial charge in [0.1, 0.15) is 6.04 Å². The van der Waals surface area contributed by atoms with E-state index in [-0.39, 0.29) is 18.4 Å². The molecule has 1 fully saturated rings. The number of benzene rings is 2. The molecule has 1 N–H and O–H groups in total. The predicted molar refractivity (Wildman–Crippen MR) is 122 cm³/mol. The van der Waals surface area contributed by atoms with Crippen LogP contribution in [0.3, 0.4) is 0 Å². The number of ether oxygens (including phenoxy) is 1. The monoisotopic (exact) mass is 421 g/mol. The number of fused-ring (bicyclic) bond motifs is 1. The number of hydrogen-bond acceptors (Lipinski definition) is 5. The first-order valence-corrected chi connectivity index (χ1v) is 11.1. The van der Waals surface area contributed by atoms with Gasteiger partial charge in [0.2, 0.25) is 5.91 Å². The molecule has 1 saturated heterocycles. The van der Waals surface area contributed by atoms with Crippen molar-refractivity contribution in [1.29, 1.82) is 0 Å². The van der Waals surface area contributed by atoms with Crippen molar-refractivity contribution in [3.63, 3.8) is 0 Å². The van der Waals surface area contributed by atoms with Crippen LogP contribution in [0.4, 0.5) is 11.4 Å². The Bertz CT molecular complexity index is 920. The van der Waals surface area contributed by atoms with Gasteiger partial charge in [0.25, 0.3) is 0 Å². The van der Waals surface area contributed by atoms with Gasteiger partial charge in [0, 0.05) is 31.0 Å². The van der Waals surface area contributed by atoms with Crippen LogP contribution in [-0.2, 0) is 27.3 Å². The molecular weight excluding hydrogens is 390 g/mol. The van der Waals surface area contributed by atoms with Crippen LogP contribution in [0.25, 0.3) is 0 Å². The largest absolute Gasteiger partial charge is 0.468 e. The molecule has 0 aromatic heterocycles. The lowest BCUT2D eigenvalue weighted by atomic mass is 9.94. The van der Waals surface area contributed by atoms with Crippen molar-refractivity contribution in [3.8, 4) is 0 Å². The van der Waals surface area contributed by atoms with E-state index in [2.05, 4.69) is 29.3 Å². The summed E-state index contributed by atoms with van der Waals surface area (Å²) in [5, 5.41) is 2.98. The first-order chi connectivity index (χ1) is 15.0. The second-order valence-corrected chi connectivity index (χ2v) is 8.68. The Balaban J connectivity index is 1.38. The number of nitrogens with one attached hydrogen (secondary N) is 1. The average Bonchev–Trinajstić information content (AvgIpc) is 2.79. The molecule has 4 rings (SSSR count). The summed E-state index contributed by atoms with van der Waals surface area (Å²) in [6.07, 6.45) is 3.00. The summed E-state index contributed by atoms with van der Waals surface area (Å²) in [4.78, 5) is 29.4. The average molecular weight is 422 g/mol. The van der Waals surface area contributed by atoms with Crippen LogP contribution in [0, 0.1) is 5.92 Å². The summed E-state index contributed by atoms with van der Waals surface area (Å²) < 4.78 is 5.00. The Labute approximate surface area is 184 Å². The number of amides is 1. The molecule has 0 bridgehead atoms. The van der Waals surface area contributed by atoms with E-state index in [0.29, 0.717) is 13.0 Å². The fourth-order valence-corrected chi connectivity index (χ4v) is 4.52. The number of esters is 1. The lowest BCUT2D eigenvalue weighted by Crippen LogP contribution is -2.49. The number of nitrogens with zero attached hydrogens (tertiary/aromatic N) is 2. The third kappa shape index (κ3) is 5.07. The van der Waals surface area contributed by atoms with Crippen LogP contribution < -0.4 is 10.2 Å². The van der Waals surface area contributed by atoms with Crippen molar-refractivity contribution in [1.82, 2.24) is 4.90 Å². The summed E-state index contributed by atoms with van der Waals surface area (Å²) in [5.74, 6) is 0.362. The van der Waals surface area contributed by atoms with Gasteiger partial charge in [0.15, 0.2) is 0 Å². The minimum atomic E-state index is -0.450. The molecule has 0 aliphatic carbocycles. The number of methoxy groups -OCH3 is 1. The molecule has 2 aliphatic rings. The second-order valence-electron chi connectivity index (χ2n) is 8.68. The normalized spacial score (nSPS) is 19.5. The van der Waals surface area contributed by atoms with Crippen LogP contribution >= 0.6 is 0 Å². The van der Waals surface area contributed by atoms with Gasteiger partial charge in [-0.05, 0) is 60.6 Å². The molecule has 1 amide bonds. The smallest absolute Gasteiger partial charge is 0.323 e. The number of carbonyl (C=O) groups is 2. The molecule has 31 heavy (non-hydrogen) atoms. The molecule has 0 radical (unpaired) electrons. The molecular formula is C25H31N3O3. The highest BCUT2D eigenvalue weighted by atomic mass is 16.5. The molecule has 6 nitrogen and oxygen atoms in total. The van der Waals surface area contributed by atoms with Gasteiger partial charge in [-0.15, -0.1) is 0 Å². The van der Waals surface area contributed by atoms with E-state index in [9.17, 15) is 9.59 Å². The summed E-state index contributed by atoms with van der Waals surface area (Å²) in [6, 6.07) is 15.6. The zero-order valence-electron chi connectivity index (χ0n) is 18.3. The second kappa shape index (κ2) is 9.52. The zero-order chi connectivity index (χ0) is 21.8. The van der Waals surface area contributed by atoms with Gasteiger partial charge < -0.3 is 15.0 Å². The lowest BCUT2D eigenvalue weighted by Gasteiger charge is -2.34. The van der Waals surface area contributed by atoms with Gasteiger partial charge in [-0.25, -0.2) is 0 Å². The van der Waals surface area contributed by atoms with Gasteiger partial charge in [-0.2, -0.15) is 0 Å². The van der Waals surface area contributed by atoms with Gasteiger partial charge in [-0.3, -0.25) is 14.5 Å². The number of hydrogen-bond donors (Lipinski definition) is 1. The van der Waals surface area contributed by atoms with Crippen LogP contribution in [0.2, 0.25) is 0 Å². The molecule has 164 valence electrons. The Morgan fingerprint density at radius 2 is 1.71 bits per heavy atom. The number of piperidine rings is 1. The fraction of sp³-hybridized carbons (Fsp3) is 0.440. The molecule has 2 heterocycles. The number of carbonyl (C=O) groups excluding carboxylic acids is 2. The van der Waals surface area contributed by atoms with Crippen LogP contribution in [0.1, 0.15) is 30.9 Å². The molecule has 0 unspecified atom stereocenters. The number of rotatable bonds is 5. The highest BCUT2D eigenvalue weighted by Gasteiger charge is 2.33. The van der Waals surface area contributed by atoms with Crippen molar-refractivity contribution >= 4 is 23.3 Å². The van der Waals surface area contributed by atoms with Crippen molar-refractivity contribution in [2.24, 2.45) is 5.92 Å². The molecule has 2 aromatic carbocycles. The van der Waals surface area contributed by atoms with E-state index < -0.39 is 6.04 Å². The van der Waals surface area contributed by atoms with Crippen LogP contribution in [0.15, 0.2) is 48.5 Å². The van der Waals surface area contributed by atoms with Crippen molar-refractivity contribution in [2.45, 2.75) is 38.8 Å². The number of anilines is 2. The predicted octanol–water partition coefficient (Wildman–Crippen LogP) is 3.46. The quantitative estimate of drug-likeness (QED) is 0.749. The van der Waals surface area contributed by atoms with E-state index in [4.69, 9.17) is 4.74 Å².